The van der Waals surface area contributed by atoms with Gasteiger partial charge in [-0.25, -0.2) is 4.98 Å². The van der Waals surface area contributed by atoms with Crippen LogP contribution in [0.25, 0.3) is 11.3 Å². The number of benzene rings is 2. The molecule has 1 aromatic heterocycles. The average molecular weight is 386 g/mol. The van der Waals surface area contributed by atoms with Gasteiger partial charge >= 0.3 is 0 Å². The highest BCUT2D eigenvalue weighted by Gasteiger charge is 2.11. The molecule has 0 saturated carbocycles. The topological polar surface area (TPSA) is 46.9 Å². The van der Waals surface area contributed by atoms with Crippen molar-refractivity contribution in [1.29, 1.82) is 0 Å². The van der Waals surface area contributed by atoms with Gasteiger partial charge in [-0.1, -0.05) is 65.3 Å². The molecule has 1 N–H and O–H groups in total. The van der Waals surface area contributed by atoms with E-state index in [0.29, 0.717) is 17.3 Å². The summed E-state index contributed by atoms with van der Waals surface area (Å²) in [6.45, 7) is 2.58. The molecule has 3 aromatic rings. The van der Waals surface area contributed by atoms with Crippen molar-refractivity contribution in [3.63, 3.8) is 0 Å². The zero-order valence-electron chi connectivity index (χ0n) is 14.7. The molecule has 0 atom stereocenters. The number of carbonyl (C=O) groups is 1. The number of imidazole rings is 1. The van der Waals surface area contributed by atoms with Crippen LogP contribution >= 0.6 is 23.4 Å². The summed E-state index contributed by atoms with van der Waals surface area (Å²) >= 11 is 7.36. The van der Waals surface area contributed by atoms with Gasteiger partial charge in [0.25, 0.3) is 0 Å². The second kappa shape index (κ2) is 8.43. The second-order valence-corrected chi connectivity index (χ2v) is 7.42. The highest BCUT2D eigenvalue weighted by atomic mass is 35.5. The Hall–Kier alpha value is -2.24. The molecule has 26 heavy (non-hydrogen) atoms. The first-order valence-corrected chi connectivity index (χ1v) is 9.62. The normalized spacial score (nSPS) is 10.7. The van der Waals surface area contributed by atoms with Crippen LogP contribution in [0.4, 0.5) is 0 Å². The van der Waals surface area contributed by atoms with Crippen LogP contribution < -0.4 is 5.32 Å². The first kappa shape index (κ1) is 18.5. The summed E-state index contributed by atoms with van der Waals surface area (Å²) in [7, 11) is 1.95. The summed E-state index contributed by atoms with van der Waals surface area (Å²) in [6, 6.07) is 15.8. The largest absolute Gasteiger partial charge is 0.351 e. The van der Waals surface area contributed by atoms with Gasteiger partial charge in [-0.3, -0.25) is 4.79 Å². The summed E-state index contributed by atoms with van der Waals surface area (Å²) in [5.41, 5.74) is 4.34. The lowest BCUT2D eigenvalue weighted by atomic mass is 10.1. The molecule has 0 aliphatic heterocycles. The van der Waals surface area contributed by atoms with E-state index >= 15 is 0 Å². The predicted octanol–water partition coefficient (Wildman–Crippen LogP) is 4.46. The molecule has 0 bridgehead atoms. The van der Waals surface area contributed by atoms with Gasteiger partial charge in [0.1, 0.15) is 0 Å². The van der Waals surface area contributed by atoms with Crippen molar-refractivity contribution in [2.75, 3.05) is 5.75 Å². The summed E-state index contributed by atoms with van der Waals surface area (Å²) in [5.74, 6) is 0.322. The molecule has 0 aliphatic rings. The molecule has 1 amide bonds. The fourth-order valence-corrected chi connectivity index (χ4v) is 3.41. The third-order valence-electron chi connectivity index (χ3n) is 4.03. The quantitative estimate of drug-likeness (QED) is 0.637. The van der Waals surface area contributed by atoms with Crippen LogP contribution in [0.15, 0.2) is 59.9 Å². The molecule has 0 spiro atoms. The smallest absolute Gasteiger partial charge is 0.230 e. The fourth-order valence-electron chi connectivity index (χ4n) is 2.50. The van der Waals surface area contributed by atoms with E-state index in [0.717, 1.165) is 22.0 Å². The second-order valence-electron chi connectivity index (χ2n) is 6.04. The number of thioether (sulfide) groups is 1. The van der Waals surface area contributed by atoms with E-state index in [9.17, 15) is 4.79 Å². The predicted molar refractivity (Wildman–Crippen MR) is 107 cm³/mol. The maximum atomic E-state index is 12.1. The van der Waals surface area contributed by atoms with Crippen LogP contribution in [0.1, 0.15) is 11.1 Å². The van der Waals surface area contributed by atoms with E-state index in [2.05, 4.69) is 10.3 Å². The van der Waals surface area contributed by atoms with Gasteiger partial charge in [-0.05, 0) is 30.2 Å². The van der Waals surface area contributed by atoms with E-state index in [-0.39, 0.29) is 5.91 Å². The number of amides is 1. The van der Waals surface area contributed by atoms with E-state index in [1.54, 1.807) is 0 Å². The van der Waals surface area contributed by atoms with Gasteiger partial charge in [0.2, 0.25) is 5.91 Å². The number of halogens is 1. The Labute approximate surface area is 162 Å². The molecule has 6 heteroatoms. The van der Waals surface area contributed by atoms with Crippen molar-refractivity contribution in [2.24, 2.45) is 7.05 Å². The zero-order valence-corrected chi connectivity index (χ0v) is 16.3. The van der Waals surface area contributed by atoms with E-state index in [1.807, 2.05) is 73.3 Å². The minimum absolute atomic E-state index is 0.00776. The highest BCUT2D eigenvalue weighted by Crippen LogP contribution is 2.25. The first-order valence-electron chi connectivity index (χ1n) is 8.25. The molecule has 134 valence electrons. The average Bonchev–Trinajstić information content (AvgIpc) is 3.01. The van der Waals surface area contributed by atoms with Crippen LogP contribution in [0.5, 0.6) is 0 Å². The fraction of sp³-hybridized carbons (Fsp3) is 0.200. The lowest BCUT2D eigenvalue weighted by molar-refractivity contribution is -0.118. The zero-order chi connectivity index (χ0) is 18.5. The molecule has 0 fully saturated rings. The minimum atomic E-state index is -0.00776. The molecular formula is C20H20ClN3OS. The Morgan fingerprint density at radius 3 is 2.54 bits per heavy atom. The van der Waals surface area contributed by atoms with Gasteiger partial charge in [0.15, 0.2) is 5.16 Å². The number of aromatic nitrogens is 2. The van der Waals surface area contributed by atoms with Crippen LogP contribution in [-0.4, -0.2) is 21.2 Å². The number of nitrogens with one attached hydrogen (secondary N) is 1. The van der Waals surface area contributed by atoms with E-state index in [1.165, 1.54) is 17.3 Å². The Morgan fingerprint density at radius 1 is 1.15 bits per heavy atom. The summed E-state index contributed by atoms with van der Waals surface area (Å²) < 4.78 is 1.99. The summed E-state index contributed by atoms with van der Waals surface area (Å²) in [4.78, 5) is 16.5. The summed E-state index contributed by atoms with van der Waals surface area (Å²) in [5, 5.41) is 4.45. The van der Waals surface area contributed by atoms with Crippen LogP contribution in [-0.2, 0) is 18.4 Å². The van der Waals surface area contributed by atoms with E-state index in [4.69, 9.17) is 11.6 Å². The van der Waals surface area contributed by atoms with Crippen molar-refractivity contribution >= 4 is 29.3 Å². The SMILES string of the molecule is Cc1ccc(CNC(=O)CSc2ncc(-c3ccc(Cl)cc3)n2C)cc1. The third-order valence-corrected chi connectivity index (χ3v) is 5.32. The van der Waals surface area contributed by atoms with Gasteiger partial charge in [0, 0.05) is 18.6 Å². The van der Waals surface area contributed by atoms with Crippen molar-refractivity contribution in [1.82, 2.24) is 14.9 Å². The van der Waals surface area contributed by atoms with Crippen LogP contribution in [0.2, 0.25) is 5.02 Å². The first-order chi connectivity index (χ1) is 12.5. The number of nitrogens with zero attached hydrogens (tertiary/aromatic N) is 2. The standard InChI is InChI=1S/C20H20ClN3OS/c1-14-3-5-15(6-4-14)11-22-19(25)13-26-20-23-12-18(24(20)2)16-7-9-17(21)10-8-16/h3-10,12H,11,13H2,1-2H3,(H,22,25). The third kappa shape index (κ3) is 4.68. The molecule has 0 saturated heterocycles. The molecule has 0 radical (unpaired) electrons. The molecular weight excluding hydrogens is 366 g/mol. The highest BCUT2D eigenvalue weighted by molar-refractivity contribution is 7.99. The molecule has 4 nitrogen and oxygen atoms in total. The Balaban J connectivity index is 1.55. The number of carbonyl (C=O) groups excluding carboxylic acids is 1. The van der Waals surface area contributed by atoms with Crippen molar-refractivity contribution in [3.05, 3.63) is 70.9 Å². The molecule has 1 heterocycles. The maximum Gasteiger partial charge on any atom is 0.230 e. The lowest BCUT2D eigenvalue weighted by Gasteiger charge is -2.07. The molecule has 3 rings (SSSR count). The Kier molecular flexibility index (Phi) is 6.01. The number of rotatable bonds is 6. The van der Waals surface area contributed by atoms with Gasteiger partial charge in [0.05, 0.1) is 17.6 Å². The lowest BCUT2D eigenvalue weighted by Crippen LogP contribution is -2.24. The summed E-state index contributed by atoms with van der Waals surface area (Å²) in [6.07, 6.45) is 1.82. The number of hydrogen-bond donors (Lipinski definition) is 1. The molecule has 2 aromatic carbocycles. The Bertz CT molecular complexity index is 888. The van der Waals surface area contributed by atoms with Crippen molar-refractivity contribution in [3.8, 4) is 11.3 Å². The van der Waals surface area contributed by atoms with Crippen molar-refractivity contribution < 1.29 is 4.79 Å². The van der Waals surface area contributed by atoms with Crippen LogP contribution in [0, 0.1) is 6.92 Å². The minimum Gasteiger partial charge on any atom is -0.351 e. The van der Waals surface area contributed by atoms with E-state index < -0.39 is 0 Å². The van der Waals surface area contributed by atoms with Gasteiger partial charge < -0.3 is 9.88 Å². The molecule has 0 aliphatic carbocycles. The number of hydrogen-bond acceptors (Lipinski definition) is 3. The number of aryl methyl sites for hydroxylation is 1. The van der Waals surface area contributed by atoms with Gasteiger partial charge in [-0.2, -0.15) is 0 Å². The van der Waals surface area contributed by atoms with Crippen molar-refractivity contribution in [2.45, 2.75) is 18.6 Å². The molecule has 0 unspecified atom stereocenters. The monoisotopic (exact) mass is 385 g/mol. The van der Waals surface area contributed by atoms with Gasteiger partial charge in [-0.15, -0.1) is 0 Å². The Morgan fingerprint density at radius 2 is 1.85 bits per heavy atom. The maximum absolute atomic E-state index is 12.1. The van der Waals surface area contributed by atoms with Crippen LogP contribution in [0.3, 0.4) is 0 Å².